The van der Waals surface area contributed by atoms with Crippen LogP contribution in [0.1, 0.15) is 48.2 Å². The number of amides is 3. The maximum atomic E-state index is 14.0. The van der Waals surface area contributed by atoms with Gasteiger partial charge in [0.15, 0.2) is 0 Å². The molecule has 0 unspecified atom stereocenters. The van der Waals surface area contributed by atoms with Gasteiger partial charge in [0.1, 0.15) is 6.04 Å². The zero-order valence-corrected chi connectivity index (χ0v) is 25.9. The molecule has 4 aromatic carbocycles. The molecule has 4 aromatic rings. The summed E-state index contributed by atoms with van der Waals surface area (Å²) in [4.78, 5) is 44.4. The molecule has 222 valence electrons. The predicted octanol–water partition coefficient (Wildman–Crippen LogP) is 7.30. The van der Waals surface area contributed by atoms with Gasteiger partial charge in [0, 0.05) is 53.5 Å². The molecule has 0 saturated carbocycles. The minimum absolute atomic E-state index is 0.0564. The Morgan fingerprint density at radius 3 is 2.40 bits per heavy atom. The van der Waals surface area contributed by atoms with E-state index in [1.165, 1.54) is 0 Å². The zero-order chi connectivity index (χ0) is 30.5. The number of nitrogens with one attached hydrogen (secondary N) is 1. The summed E-state index contributed by atoms with van der Waals surface area (Å²) in [5.74, 6) is -0.205. The van der Waals surface area contributed by atoms with Gasteiger partial charge in [-0.25, -0.2) is 0 Å². The Hall–Kier alpha value is -3.87. The van der Waals surface area contributed by atoms with Crippen molar-refractivity contribution in [3.8, 4) is 0 Å². The Balaban J connectivity index is 1.39. The van der Waals surface area contributed by atoms with Gasteiger partial charge in [-0.2, -0.15) is 0 Å². The maximum absolute atomic E-state index is 14.0. The van der Waals surface area contributed by atoms with Gasteiger partial charge in [-0.05, 0) is 53.1 Å². The summed E-state index contributed by atoms with van der Waals surface area (Å²) in [6.45, 7) is 5.09. The van der Waals surface area contributed by atoms with E-state index in [4.69, 9.17) is 23.2 Å². The third-order valence-corrected chi connectivity index (χ3v) is 8.32. The second kappa shape index (κ2) is 13.6. The Morgan fingerprint density at radius 2 is 1.67 bits per heavy atom. The number of rotatable bonds is 12. The van der Waals surface area contributed by atoms with Crippen LogP contribution in [0.25, 0.3) is 10.8 Å². The molecule has 0 spiro atoms. The first-order chi connectivity index (χ1) is 20.7. The summed E-state index contributed by atoms with van der Waals surface area (Å²) in [7, 11) is 0. The third kappa shape index (κ3) is 7.03. The van der Waals surface area contributed by atoms with Crippen LogP contribution in [0.2, 0.25) is 10.0 Å². The zero-order valence-electron chi connectivity index (χ0n) is 24.4. The lowest BCUT2D eigenvalue weighted by Gasteiger charge is -2.32. The molecule has 6 nitrogen and oxygen atoms in total. The first-order valence-corrected chi connectivity index (χ1v) is 15.4. The second-order valence-corrected chi connectivity index (χ2v) is 12.2. The van der Waals surface area contributed by atoms with Crippen molar-refractivity contribution in [2.75, 3.05) is 18.0 Å². The monoisotopic (exact) mass is 615 g/mol. The number of benzene rings is 4. The number of hydrogen-bond acceptors (Lipinski definition) is 3. The number of anilines is 1. The standard InChI is InChI=1S/C35H35Cl2N3O3/c1-23(2)21-38-34(42)31(19-24-9-4-3-5-10-24)40(22-26-16-17-27(36)20-29(26)37)32(41)15-8-18-39-30-14-7-12-25-11-6-13-28(33(25)30)35(39)43/h3-7,9-14,16-17,20,23,31H,8,15,18-19,21-22H2,1-2H3,(H,38,42)/t31-/m1/s1. The van der Waals surface area contributed by atoms with Crippen molar-refractivity contribution in [3.63, 3.8) is 0 Å². The molecule has 0 aromatic heterocycles. The molecule has 1 N–H and O–H groups in total. The van der Waals surface area contributed by atoms with E-state index in [-0.39, 0.29) is 36.6 Å². The molecule has 1 atom stereocenters. The van der Waals surface area contributed by atoms with E-state index in [9.17, 15) is 14.4 Å². The molecule has 5 rings (SSSR count). The first-order valence-electron chi connectivity index (χ1n) is 14.6. The van der Waals surface area contributed by atoms with E-state index in [1.807, 2.05) is 80.6 Å². The average molecular weight is 617 g/mol. The van der Waals surface area contributed by atoms with Crippen molar-refractivity contribution in [1.29, 1.82) is 0 Å². The van der Waals surface area contributed by atoms with Crippen LogP contribution in [0.15, 0.2) is 84.9 Å². The Bertz CT molecular complexity index is 1640. The minimum atomic E-state index is -0.758. The topological polar surface area (TPSA) is 69.7 Å². The van der Waals surface area contributed by atoms with Crippen molar-refractivity contribution in [2.45, 2.75) is 45.7 Å². The van der Waals surface area contributed by atoms with Crippen LogP contribution in [0.5, 0.6) is 0 Å². The molecule has 0 saturated heterocycles. The largest absolute Gasteiger partial charge is 0.354 e. The second-order valence-electron chi connectivity index (χ2n) is 11.3. The molecule has 43 heavy (non-hydrogen) atoms. The predicted molar refractivity (Wildman–Crippen MR) is 174 cm³/mol. The van der Waals surface area contributed by atoms with Crippen molar-refractivity contribution >= 4 is 57.4 Å². The Morgan fingerprint density at radius 1 is 0.930 bits per heavy atom. The van der Waals surface area contributed by atoms with E-state index < -0.39 is 6.04 Å². The highest BCUT2D eigenvalue weighted by atomic mass is 35.5. The molecular formula is C35H35Cl2N3O3. The van der Waals surface area contributed by atoms with Gasteiger partial charge >= 0.3 is 0 Å². The molecule has 8 heteroatoms. The fraction of sp³-hybridized carbons (Fsp3) is 0.286. The van der Waals surface area contributed by atoms with E-state index in [0.717, 1.165) is 22.0 Å². The van der Waals surface area contributed by atoms with E-state index in [1.54, 1.807) is 28.0 Å². The van der Waals surface area contributed by atoms with Crippen LogP contribution < -0.4 is 10.2 Å². The van der Waals surface area contributed by atoms with Gasteiger partial charge in [-0.1, -0.05) is 97.7 Å². The fourth-order valence-corrected chi connectivity index (χ4v) is 6.01. The number of hydrogen-bond donors (Lipinski definition) is 1. The molecule has 1 aliphatic rings. The third-order valence-electron chi connectivity index (χ3n) is 7.73. The van der Waals surface area contributed by atoms with Crippen molar-refractivity contribution in [1.82, 2.24) is 10.2 Å². The highest BCUT2D eigenvalue weighted by Crippen LogP contribution is 2.37. The lowest BCUT2D eigenvalue weighted by atomic mass is 10.0. The molecule has 0 aliphatic carbocycles. The molecule has 0 radical (unpaired) electrons. The molecule has 0 fully saturated rings. The van der Waals surface area contributed by atoms with Crippen molar-refractivity contribution < 1.29 is 14.4 Å². The Kier molecular flexibility index (Phi) is 9.69. The van der Waals surface area contributed by atoms with Crippen LogP contribution in [-0.2, 0) is 22.6 Å². The van der Waals surface area contributed by atoms with Gasteiger partial charge in [0.05, 0.1) is 5.69 Å². The van der Waals surface area contributed by atoms with E-state index in [0.29, 0.717) is 47.1 Å². The summed E-state index contributed by atoms with van der Waals surface area (Å²) >= 11 is 12.7. The summed E-state index contributed by atoms with van der Waals surface area (Å²) < 4.78 is 0. The average Bonchev–Trinajstić information content (AvgIpc) is 3.27. The summed E-state index contributed by atoms with van der Waals surface area (Å²) in [5, 5.41) is 5.93. The molecule has 0 bridgehead atoms. The van der Waals surface area contributed by atoms with Crippen LogP contribution in [0, 0.1) is 5.92 Å². The lowest BCUT2D eigenvalue weighted by Crippen LogP contribution is -2.51. The quantitative estimate of drug-likeness (QED) is 0.182. The number of carbonyl (C=O) groups is 3. The maximum Gasteiger partial charge on any atom is 0.258 e. The minimum Gasteiger partial charge on any atom is -0.354 e. The van der Waals surface area contributed by atoms with Gasteiger partial charge in [0.2, 0.25) is 11.8 Å². The summed E-state index contributed by atoms with van der Waals surface area (Å²) in [6, 6.07) is 25.7. The van der Waals surface area contributed by atoms with Crippen LogP contribution in [0.3, 0.4) is 0 Å². The van der Waals surface area contributed by atoms with Crippen LogP contribution >= 0.6 is 23.2 Å². The fourth-order valence-electron chi connectivity index (χ4n) is 5.54. The Labute approximate surface area is 262 Å². The highest BCUT2D eigenvalue weighted by molar-refractivity contribution is 6.35. The van der Waals surface area contributed by atoms with Crippen LogP contribution in [-0.4, -0.2) is 41.8 Å². The SMILES string of the molecule is CC(C)CNC(=O)[C@@H](Cc1ccccc1)N(Cc1ccc(Cl)cc1Cl)C(=O)CCCN1C(=O)c2cccc3cccc1c23. The molecule has 1 aliphatic heterocycles. The van der Waals surface area contributed by atoms with Gasteiger partial charge in [-0.3, -0.25) is 14.4 Å². The van der Waals surface area contributed by atoms with E-state index >= 15 is 0 Å². The molecular weight excluding hydrogens is 581 g/mol. The molecule has 1 heterocycles. The van der Waals surface area contributed by atoms with Crippen molar-refractivity contribution in [2.24, 2.45) is 5.92 Å². The first kappa shape index (κ1) is 30.6. The molecule has 3 amide bonds. The summed E-state index contributed by atoms with van der Waals surface area (Å²) in [5.41, 5.74) is 3.19. The van der Waals surface area contributed by atoms with Gasteiger partial charge < -0.3 is 15.1 Å². The normalized spacial score (nSPS) is 13.0. The van der Waals surface area contributed by atoms with E-state index in [2.05, 4.69) is 5.32 Å². The summed E-state index contributed by atoms with van der Waals surface area (Å²) in [6.07, 6.45) is 0.944. The van der Waals surface area contributed by atoms with Crippen molar-refractivity contribution in [3.05, 3.63) is 112 Å². The lowest BCUT2D eigenvalue weighted by molar-refractivity contribution is -0.141. The van der Waals surface area contributed by atoms with Crippen LogP contribution in [0.4, 0.5) is 5.69 Å². The van der Waals surface area contributed by atoms with Gasteiger partial charge in [-0.15, -0.1) is 0 Å². The number of nitrogens with zero attached hydrogens (tertiary/aromatic N) is 2. The van der Waals surface area contributed by atoms with Gasteiger partial charge in [0.25, 0.3) is 5.91 Å². The highest BCUT2D eigenvalue weighted by Gasteiger charge is 2.32. The smallest absolute Gasteiger partial charge is 0.258 e. The number of halogens is 2. The number of carbonyl (C=O) groups excluding carboxylic acids is 3.